The molecule has 1 aromatic heterocycles. The molecule has 0 aromatic carbocycles. The lowest BCUT2D eigenvalue weighted by Crippen LogP contribution is -1.85. The minimum absolute atomic E-state index is 0.980. The molecule has 47 valence electrons. The maximum absolute atomic E-state index is 3.57. The molecule has 1 rings (SSSR count). The molecular weight excluding hydrogens is 116 g/mol. The molecule has 1 heterocycles. The smallest absolute Gasteiger partial charge is 0.197 e. The van der Waals surface area contributed by atoms with E-state index in [-0.39, 0.29) is 0 Å². The molecule has 0 fully saturated rings. The molecule has 0 N–H and O–H groups in total. The molecule has 0 saturated heterocycles. The summed E-state index contributed by atoms with van der Waals surface area (Å²) in [4.78, 5) is 0. The van der Waals surface area contributed by atoms with Gasteiger partial charge in [0.15, 0.2) is 0 Å². The van der Waals surface area contributed by atoms with Gasteiger partial charge < -0.3 is 0 Å². The first-order valence-corrected chi connectivity index (χ1v) is 2.75. The number of rotatable bonds is 2. The summed E-state index contributed by atoms with van der Waals surface area (Å²) in [6.45, 7) is 2.04. The van der Waals surface area contributed by atoms with E-state index in [0.717, 1.165) is 6.42 Å². The lowest BCUT2D eigenvalue weighted by Gasteiger charge is -1.80. The Bertz CT molecular complexity index is 177. The van der Waals surface area contributed by atoms with Crippen LogP contribution in [0.1, 0.15) is 13.3 Å². The zero-order valence-electron chi connectivity index (χ0n) is 5.15. The summed E-state index contributed by atoms with van der Waals surface area (Å²) in [7, 11) is 0. The van der Waals surface area contributed by atoms with E-state index in [9.17, 15) is 0 Å². The second kappa shape index (κ2) is 2.96. The molecule has 4 nitrogen and oxygen atoms in total. The molecule has 0 aliphatic rings. The maximum atomic E-state index is 3.57. The van der Waals surface area contributed by atoms with Gasteiger partial charge in [-0.3, -0.25) is 0 Å². The Hall–Kier alpha value is -1.19. The summed E-state index contributed by atoms with van der Waals surface area (Å²) in [5, 5.41) is 10.3. The normalized spacial score (nSPS) is 10.8. The van der Waals surface area contributed by atoms with Gasteiger partial charge in [0.1, 0.15) is 0 Å². The average molecular weight is 123 g/mol. The number of nitrogens with zero attached hydrogens (tertiary/aromatic N) is 4. The zero-order valence-corrected chi connectivity index (χ0v) is 5.15. The topological polar surface area (TPSA) is 43.6 Å². The van der Waals surface area contributed by atoms with Crippen molar-refractivity contribution < 1.29 is 0 Å². The van der Waals surface area contributed by atoms with Gasteiger partial charge in [-0.25, -0.2) is 0 Å². The van der Waals surface area contributed by atoms with E-state index in [2.05, 4.69) is 21.9 Å². The molecule has 1 aromatic rings. The molecule has 0 amide bonds. The molecule has 1 radical (unpaired) electrons. The highest BCUT2D eigenvalue weighted by molar-refractivity contribution is 5.16. The molecule has 0 aliphatic heterocycles. The van der Waals surface area contributed by atoms with Crippen LogP contribution in [0, 0.1) is 6.33 Å². The number of hydrogen-bond donors (Lipinski definition) is 0. The summed E-state index contributed by atoms with van der Waals surface area (Å²) < 4.78 is 1.43. The quantitative estimate of drug-likeness (QED) is 0.570. The largest absolute Gasteiger partial charge is 0.226 e. The van der Waals surface area contributed by atoms with Gasteiger partial charge in [-0.2, -0.15) is 4.68 Å². The first-order chi connectivity index (χ1) is 4.43. The van der Waals surface area contributed by atoms with Crippen LogP contribution in [0.2, 0.25) is 0 Å². The van der Waals surface area contributed by atoms with Crippen molar-refractivity contribution in [3.8, 4) is 0 Å². The fourth-order valence-electron chi connectivity index (χ4n) is 0.417. The van der Waals surface area contributed by atoms with E-state index in [4.69, 9.17) is 0 Å². The lowest BCUT2D eigenvalue weighted by molar-refractivity contribution is 0.815. The summed E-state index contributed by atoms with van der Waals surface area (Å²) in [5.74, 6) is 0. The van der Waals surface area contributed by atoms with Crippen LogP contribution >= 0.6 is 0 Å². The van der Waals surface area contributed by atoms with Gasteiger partial charge in [0, 0.05) is 6.20 Å². The number of tetrazole rings is 1. The van der Waals surface area contributed by atoms with E-state index in [1.807, 2.05) is 13.0 Å². The Morgan fingerprint density at radius 1 is 1.67 bits per heavy atom. The monoisotopic (exact) mass is 123 g/mol. The molecule has 9 heavy (non-hydrogen) atoms. The van der Waals surface area contributed by atoms with Crippen LogP contribution in [-0.4, -0.2) is 20.2 Å². The summed E-state index contributed by atoms with van der Waals surface area (Å²) in [5.41, 5.74) is 0. The van der Waals surface area contributed by atoms with E-state index in [1.54, 1.807) is 6.20 Å². The fraction of sp³-hybridized carbons (Fsp3) is 0.400. The van der Waals surface area contributed by atoms with Crippen molar-refractivity contribution in [1.29, 1.82) is 0 Å². The molecule has 4 heteroatoms. The Kier molecular flexibility index (Phi) is 1.95. The number of allylic oxidation sites excluding steroid dienone is 1. The SMILES string of the molecule is CC/C=C/n1[c]nnn1. The Labute approximate surface area is 53.2 Å². The molecule has 0 spiro atoms. The Morgan fingerprint density at radius 3 is 3.11 bits per heavy atom. The van der Waals surface area contributed by atoms with Crippen LogP contribution in [0.15, 0.2) is 6.08 Å². The highest BCUT2D eigenvalue weighted by atomic mass is 15.5. The summed E-state index contributed by atoms with van der Waals surface area (Å²) >= 11 is 0. The molecule has 0 bridgehead atoms. The van der Waals surface area contributed by atoms with Gasteiger partial charge in [0.2, 0.25) is 6.33 Å². The van der Waals surface area contributed by atoms with Crippen molar-refractivity contribution >= 4 is 6.20 Å². The third kappa shape index (κ3) is 1.64. The van der Waals surface area contributed by atoms with Gasteiger partial charge in [0.25, 0.3) is 0 Å². The minimum Gasteiger partial charge on any atom is -0.197 e. The lowest BCUT2D eigenvalue weighted by atomic mass is 10.5. The number of hydrogen-bond acceptors (Lipinski definition) is 3. The maximum Gasteiger partial charge on any atom is 0.226 e. The van der Waals surface area contributed by atoms with Crippen molar-refractivity contribution in [1.82, 2.24) is 20.2 Å². The zero-order chi connectivity index (χ0) is 6.53. The van der Waals surface area contributed by atoms with Gasteiger partial charge in [-0.05, 0) is 16.8 Å². The first kappa shape index (κ1) is 5.94. The number of aromatic nitrogens is 4. The average Bonchev–Trinajstić information content (AvgIpc) is 2.34. The van der Waals surface area contributed by atoms with Crippen molar-refractivity contribution in [3.05, 3.63) is 12.4 Å². The molecule has 0 aliphatic carbocycles. The van der Waals surface area contributed by atoms with E-state index < -0.39 is 0 Å². The predicted octanol–water partition coefficient (Wildman–Crippen LogP) is 0.354. The predicted molar refractivity (Wildman–Crippen MR) is 32.3 cm³/mol. The standard InChI is InChI=1S/C5H7N4/c1-2-3-4-9-5-6-7-8-9/h3-4H,2H2,1H3/b4-3+. The van der Waals surface area contributed by atoms with Crippen molar-refractivity contribution in [2.45, 2.75) is 13.3 Å². The van der Waals surface area contributed by atoms with E-state index >= 15 is 0 Å². The van der Waals surface area contributed by atoms with Crippen LogP contribution in [0.25, 0.3) is 6.20 Å². The molecular formula is C5H7N4. The second-order valence-corrected chi connectivity index (χ2v) is 1.52. The molecule has 0 unspecified atom stereocenters. The third-order valence-electron chi connectivity index (χ3n) is 0.811. The van der Waals surface area contributed by atoms with Gasteiger partial charge in [0.05, 0.1) is 0 Å². The van der Waals surface area contributed by atoms with Crippen LogP contribution in [0.5, 0.6) is 0 Å². The first-order valence-electron chi connectivity index (χ1n) is 2.75. The van der Waals surface area contributed by atoms with Crippen molar-refractivity contribution in [2.75, 3.05) is 0 Å². The van der Waals surface area contributed by atoms with Crippen molar-refractivity contribution in [3.63, 3.8) is 0 Å². The van der Waals surface area contributed by atoms with Crippen molar-refractivity contribution in [2.24, 2.45) is 0 Å². The van der Waals surface area contributed by atoms with Crippen LogP contribution in [-0.2, 0) is 0 Å². The highest BCUT2D eigenvalue weighted by Crippen LogP contribution is 1.81. The summed E-state index contributed by atoms with van der Waals surface area (Å²) in [6, 6.07) is 0. The van der Waals surface area contributed by atoms with Gasteiger partial charge in [-0.15, -0.1) is 5.10 Å². The fourth-order valence-corrected chi connectivity index (χ4v) is 0.417. The highest BCUT2D eigenvalue weighted by Gasteiger charge is 1.81. The minimum atomic E-state index is 0.980. The molecule has 0 saturated carbocycles. The summed E-state index contributed by atoms with van der Waals surface area (Å²) in [6.07, 6.45) is 7.22. The van der Waals surface area contributed by atoms with E-state index in [1.165, 1.54) is 4.68 Å². The van der Waals surface area contributed by atoms with Gasteiger partial charge in [-0.1, -0.05) is 13.0 Å². The van der Waals surface area contributed by atoms with Gasteiger partial charge >= 0.3 is 0 Å². The van der Waals surface area contributed by atoms with E-state index in [0.29, 0.717) is 0 Å². The van der Waals surface area contributed by atoms with Crippen LogP contribution in [0.3, 0.4) is 0 Å². The molecule has 0 atom stereocenters. The van der Waals surface area contributed by atoms with Crippen LogP contribution < -0.4 is 0 Å². The Morgan fingerprint density at radius 2 is 2.56 bits per heavy atom. The third-order valence-corrected chi connectivity index (χ3v) is 0.811. The second-order valence-electron chi connectivity index (χ2n) is 1.52. The van der Waals surface area contributed by atoms with Crippen LogP contribution in [0.4, 0.5) is 0 Å². The Balaban J connectivity index is 2.57.